The molecule has 1 heterocycles. The van der Waals surface area contributed by atoms with Crippen LogP contribution in [0.25, 0.3) is 0 Å². The number of amides is 1. The van der Waals surface area contributed by atoms with Gasteiger partial charge in [-0.15, -0.1) is 0 Å². The summed E-state index contributed by atoms with van der Waals surface area (Å²) in [5.41, 5.74) is 0. The molecule has 1 saturated heterocycles. The summed E-state index contributed by atoms with van der Waals surface area (Å²) >= 11 is 0. The van der Waals surface area contributed by atoms with Crippen molar-refractivity contribution >= 4 is 5.91 Å². The number of hydrogen-bond acceptors (Lipinski definition) is 2. The fraction of sp³-hybridized carbons (Fsp3) is 0.923. The first kappa shape index (κ1) is 13.5. The van der Waals surface area contributed by atoms with Crippen molar-refractivity contribution in [3.05, 3.63) is 0 Å². The molecule has 0 aromatic rings. The van der Waals surface area contributed by atoms with Gasteiger partial charge in [0.1, 0.15) is 0 Å². The van der Waals surface area contributed by atoms with E-state index in [1.54, 1.807) is 0 Å². The minimum absolute atomic E-state index is 0.226. The van der Waals surface area contributed by atoms with E-state index in [1.165, 1.54) is 12.8 Å². The Bertz CT molecular complexity index is 212. The minimum atomic E-state index is 0.226. The molecular weight excluding hydrogens is 200 g/mol. The Labute approximate surface area is 99.4 Å². The van der Waals surface area contributed by atoms with Crippen molar-refractivity contribution in [2.24, 2.45) is 11.8 Å². The third-order valence-corrected chi connectivity index (χ3v) is 3.17. The monoisotopic (exact) mass is 226 g/mol. The number of carbonyl (C=O) groups excluding carboxylic acids is 1. The maximum absolute atomic E-state index is 11.6. The molecule has 1 fully saturated rings. The summed E-state index contributed by atoms with van der Waals surface area (Å²) in [7, 11) is 0. The predicted molar refractivity (Wildman–Crippen MR) is 67.3 cm³/mol. The van der Waals surface area contributed by atoms with Crippen LogP contribution in [0, 0.1) is 11.8 Å². The van der Waals surface area contributed by atoms with Gasteiger partial charge in [0, 0.05) is 12.5 Å². The van der Waals surface area contributed by atoms with Crippen LogP contribution < -0.4 is 10.6 Å². The topological polar surface area (TPSA) is 41.1 Å². The summed E-state index contributed by atoms with van der Waals surface area (Å²) in [6.45, 7) is 8.61. The van der Waals surface area contributed by atoms with E-state index in [0.717, 1.165) is 25.4 Å². The summed E-state index contributed by atoms with van der Waals surface area (Å²) in [5.74, 6) is 1.57. The standard InChI is InChI=1S/C13H26N2O/c1-10(2)5-4-6-11(3)15-13(16)7-12-8-14-9-12/h10-12,14H,4-9H2,1-3H3,(H,15,16). The van der Waals surface area contributed by atoms with Gasteiger partial charge < -0.3 is 10.6 Å². The molecule has 0 aromatic heterocycles. The Hall–Kier alpha value is -0.570. The predicted octanol–water partition coefficient (Wildman–Crippen LogP) is 1.93. The first-order chi connectivity index (χ1) is 7.58. The molecule has 0 aliphatic carbocycles. The maximum atomic E-state index is 11.6. The highest BCUT2D eigenvalue weighted by Gasteiger charge is 2.20. The van der Waals surface area contributed by atoms with Crippen molar-refractivity contribution in [2.75, 3.05) is 13.1 Å². The van der Waals surface area contributed by atoms with E-state index in [2.05, 4.69) is 31.4 Å². The van der Waals surface area contributed by atoms with Crippen LogP contribution in [-0.2, 0) is 4.79 Å². The molecule has 3 heteroatoms. The van der Waals surface area contributed by atoms with Gasteiger partial charge >= 0.3 is 0 Å². The van der Waals surface area contributed by atoms with Crippen molar-refractivity contribution in [3.63, 3.8) is 0 Å². The summed E-state index contributed by atoms with van der Waals surface area (Å²) < 4.78 is 0. The zero-order valence-corrected chi connectivity index (χ0v) is 10.9. The Morgan fingerprint density at radius 1 is 1.31 bits per heavy atom. The zero-order chi connectivity index (χ0) is 12.0. The van der Waals surface area contributed by atoms with E-state index in [0.29, 0.717) is 18.4 Å². The van der Waals surface area contributed by atoms with Crippen LogP contribution >= 0.6 is 0 Å². The maximum Gasteiger partial charge on any atom is 0.220 e. The highest BCUT2D eigenvalue weighted by atomic mass is 16.1. The molecular formula is C13H26N2O. The van der Waals surface area contributed by atoms with Crippen molar-refractivity contribution < 1.29 is 4.79 Å². The third kappa shape index (κ3) is 5.50. The SMILES string of the molecule is CC(C)CCCC(C)NC(=O)CC1CNC1. The quantitative estimate of drug-likeness (QED) is 0.696. The number of rotatable bonds is 7. The van der Waals surface area contributed by atoms with E-state index in [1.807, 2.05) is 0 Å². The van der Waals surface area contributed by atoms with E-state index in [-0.39, 0.29) is 5.91 Å². The number of carbonyl (C=O) groups is 1. The second kappa shape index (κ2) is 6.89. The van der Waals surface area contributed by atoms with E-state index in [9.17, 15) is 4.79 Å². The summed E-state index contributed by atoms with van der Waals surface area (Å²) in [6, 6.07) is 0.333. The van der Waals surface area contributed by atoms with Crippen molar-refractivity contribution in [1.82, 2.24) is 10.6 Å². The van der Waals surface area contributed by atoms with E-state index >= 15 is 0 Å². The van der Waals surface area contributed by atoms with Gasteiger partial charge in [-0.1, -0.05) is 26.7 Å². The number of nitrogens with one attached hydrogen (secondary N) is 2. The second-order valence-corrected chi connectivity index (χ2v) is 5.52. The molecule has 1 unspecified atom stereocenters. The van der Waals surface area contributed by atoms with Gasteiger partial charge in [-0.25, -0.2) is 0 Å². The van der Waals surface area contributed by atoms with Crippen molar-refractivity contribution in [3.8, 4) is 0 Å². The molecule has 0 spiro atoms. The highest BCUT2D eigenvalue weighted by Crippen LogP contribution is 2.10. The molecule has 1 atom stereocenters. The first-order valence-corrected chi connectivity index (χ1v) is 6.58. The Balaban J connectivity index is 2.03. The molecule has 0 bridgehead atoms. The lowest BCUT2D eigenvalue weighted by molar-refractivity contribution is -0.123. The lowest BCUT2D eigenvalue weighted by Gasteiger charge is -2.27. The zero-order valence-electron chi connectivity index (χ0n) is 10.9. The highest BCUT2D eigenvalue weighted by molar-refractivity contribution is 5.76. The van der Waals surface area contributed by atoms with E-state index < -0.39 is 0 Å². The fourth-order valence-corrected chi connectivity index (χ4v) is 1.99. The largest absolute Gasteiger partial charge is 0.354 e. The van der Waals surface area contributed by atoms with Gasteiger partial charge in [0.25, 0.3) is 0 Å². The average molecular weight is 226 g/mol. The Kier molecular flexibility index (Phi) is 5.81. The summed E-state index contributed by atoms with van der Waals surface area (Å²) in [4.78, 5) is 11.6. The van der Waals surface area contributed by atoms with Crippen molar-refractivity contribution in [2.45, 2.75) is 52.5 Å². The molecule has 0 radical (unpaired) electrons. The average Bonchev–Trinajstić information content (AvgIpc) is 2.10. The van der Waals surface area contributed by atoms with Gasteiger partial charge in [0.15, 0.2) is 0 Å². The lowest BCUT2D eigenvalue weighted by Crippen LogP contribution is -2.45. The van der Waals surface area contributed by atoms with Crippen LogP contribution in [-0.4, -0.2) is 25.0 Å². The summed E-state index contributed by atoms with van der Waals surface area (Å²) in [6.07, 6.45) is 4.27. The van der Waals surface area contributed by atoms with Crippen LogP contribution in [0.5, 0.6) is 0 Å². The Morgan fingerprint density at radius 2 is 2.00 bits per heavy atom. The van der Waals surface area contributed by atoms with Crippen molar-refractivity contribution in [1.29, 1.82) is 0 Å². The molecule has 3 nitrogen and oxygen atoms in total. The normalized spacial score (nSPS) is 18.2. The molecule has 0 aromatic carbocycles. The molecule has 1 amide bonds. The molecule has 1 rings (SSSR count). The van der Waals surface area contributed by atoms with Crippen LogP contribution in [0.1, 0.15) is 46.5 Å². The molecule has 2 N–H and O–H groups in total. The Morgan fingerprint density at radius 3 is 2.50 bits per heavy atom. The van der Waals surface area contributed by atoms with E-state index in [4.69, 9.17) is 0 Å². The van der Waals surface area contributed by atoms with Gasteiger partial charge in [-0.2, -0.15) is 0 Å². The number of hydrogen-bond donors (Lipinski definition) is 2. The van der Waals surface area contributed by atoms with Gasteiger partial charge in [0.05, 0.1) is 0 Å². The van der Waals surface area contributed by atoms with Crippen LogP contribution in [0.4, 0.5) is 0 Å². The molecule has 1 aliphatic rings. The first-order valence-electron chi connectivity index (χ1n) is 6.58. The smallest absolute Gasteiger partial charge is 0.220 e. The third-order valence-electron chi connectivity index (χ3n) is 3.17. The molecule has 0 saturated carbocycles. The second-order valence-electron chi connectivity index (χ2n) is 5.52. The molecule has 1 aliphatic heterocycles. The minimum Gasteiger partial charge on any atom is -0.354 e. The molecule has 16 heavy (non-hydrogen) atoms. The summed E-state index contributed by atoms with van der Waals surface area (Å²) in [5, 5.41) is 6.27. The lowest BCUT2D eigenvalue weighted by atomic mass is 9.98. The van der Waals surface area contributed by atoms with Gasteiger partial charge in [-0.05, 0) is 38.3 Å². The van der Waals surface area contributed by atoms with Crippen LogP contribution in [0.3, 0.4) is 0 Å². The fourth-order valence-electron chi connectivity index (χ4n) is 1.99. The van der Waals surface area contributed by atoms with Crippen LogP contribution in [0.2, 0.25) is 0 Å². The van der Waals surface area contributed by atoms with Crippen LogP contribution in [0.15, 0.2) is 0 Å². The van der Waals surface area contributed by atoms with Gasteiger partial charge in [-0.3, -0.25) is 4.79 Å². The van der Waals surface area contributed by atoms with Gasteiger partial charge in [0.2, 0.25) is 5.91 Å². The molecule has 94 valence electrons.